The minimum absolute atomic E-state index is 0.112. The molecule has 30 heavy (non-hydrogen) atoms. The first-order chi connectivity index (χ1) is 14.4. The first-order valence-corrected chi connectivity index (χ1v) is 10.0. The van der Waals surface area contributed by atoms with Crippen molar-refractivity contribution in [3.05, 3.63) is 47.2 Å². The highest BCUT2D eigenvalue weighted by atomic mass is 32.1. The number of ether oxygens (including phenoxy) is 1. The number of hydrogen-bond donors (Lipinski definition) is 1. The highest BCUT2D eigenvalue weighted by Gasteiger charge is 2.35. The van der Waals surface area contributed by atoms with E-state index in [1.54, 1.807) is 11.8 Å². The summed E-state index contributed by atoms with van der Waals surface area (Å²) in [5.74, 6) is 0.623. The Labute approximate surface area is 175 Å². The number of hydrogen-bond acceptors (Lipinski definition) is 7. The number of benzene rings is 1. The van der Waals surface area contributed by atoms with Gasteiger partial charge in [0, 0.05) is 25.7 Å². The molecule has 1 N–H and O–H groups in total. The lowest BCUT2D eigenvalue weighted by Crippen LogP contribution is -2.41. The van der Waals surface area contributed by atoms with Crippen LogP contribution in [-0.4, -0.2) is 49.4 Å². The van der Waals surface area contributed by atoms with Gasteiger partial charge < -0.3 is 19.5 Å². The molecular formula is C19H19FN6O3S. The second kappa shape index (κ2) is 7.82. The third kappa shape index (κ3) is 3.52. The summed E-state index contributed by atoms with van der Waals surface area (Å²) in [4.78, 5) is 35.4. The lowest BCUT2D eigenvalue weighted by Gasteiger charge is -2.35. The van der Waals surface area contributed by atoms with Crippen LogP contribution in [0.1, 0.15) is 34.8 Å². The number of carbonyl (C=O) groups is 2. The van der Waals surface area contributed by atoms with Gasteiger partial charge in [-0.15, -0.1) is 0 Å². The molecule has 0 aliphatic carbocycles. The molecule has 11 heteroatoms. The molecule has 9 nitrogen and oxygen atoms in total. The second-order valence-corrected chi connectivity index (χ2v) is 7.50. The van der Waals surface area contributed by atoms with Crippen molar-refractivity contribution in [2.45, 2.75) is 26.4 Å². The van der Waals surface area contributed by atoms with Crippen LogP contribution in [0.3, 0.4) is 0 Å². The number of imidazole rings is 1. The van der Waals surface area contributed by atoms with Gasteiger partial charge in [-0.1, -0.05) is 0 Å². The first kappa shape index (κ1) is 20.0. The Morgan fingerprint density at radius 3 is 2.60 bits per heavy atom. The Hall–Kier alpha value is -3.34. The van der Waals surface area contributed by atoms with E-state index in [9.17, 15) is 14.0 Å². The summed E-state index contributed by atoms with van der Waals surface area (Å²) in [6.07, 6.45) is -0.662. The number of fused-ring (bicyclic) bond motifs is 1. The van der Waals surface area contributed by atoms with E-state index < -0.39 is 18.0 Å². The van der Waals surface area contributed by atoms with Crippen molar-refractivity contribution in [3.63, 3.8) is 0 Å². The molecule has 3 aromatic rings. The predicted octanol–water partition coefficient (Wildman–Crippen LogP) is 2.78. The molecule has 0 unspecified atom stereocenters. The summed E-state index contributed by atoms with van der Waals surface area (Å²) < 4.78 is 24.7. The summed E-state index contributed by atoms with van der Waals surface area (Å²) in [7, 11) is 1.45. The van der Waals surface area contributed by atoms with Crippen LogP contribution < -0.4 is 10.1 Å². The molecule has 0 bridgehead atoms. The van der Waals surface area contributed by atoms with Gasteiger partial charge in [0.15, 0.2) is 10.8 Å². The van der Waals surface area contributed by atoms with Crippen molar-refractivity contribution in [2.75, 3.05) is 13.6 Å². The summed E-state index contributed by atoms with van der Waals surface area (Å²) >= 11 is 1.20. The minimum Gasteiger partial charge on any atom is -0.389 e. The zero-order valence-electron chi connectivity index (χ0n) is 16.5. The Balaban J connectivity index is 1.74. The molecule has 156 valence electrons. The van der Waals surface area contributed by atoms with Gasteiger partial charge >= 0.3 is 6.09 Å². The number of amides is 2. The van der Waals surface area contributed by atoms with Crippen LogP contribution >= 0.6 is 11.5 Å². The first-order valence-electron chi connectivity index (χ1n) is 9.26. The SMILES string of the molecule is CNC(=O)Oc1nc(-c2nc(C)ns2)n2c1[C@@H](C)N(C(=O)c1ccc(F)cc1)CC2. The van der Waals surface area contributed by atoms with E-state index in [1.807, 2.05) is 11.5 Å². The molecule has 2 aromatic heterocycles. The fourth-order valence-electron chi connectivity index (χ4n) is 3.42. The molecule has 1 atom stereocenters. The van der Waals surface area contributed by atoms with Crippen molar-refractivity contribution in [1.29, 1.82) is 0 Å². The third-order valence-electron chi connectivity index (χ3n) is 4.87. The standard InChI is InChI=1S/C19H19FN6O3S/c1-10-14-16(29-19(28)21-3)23-15(17-22-11(2)24-30-17)26(14)9-8-25(10)18(27)12-4-6-13(20)7-5-12/h4-7,10H,8-9H2,1-3H3,(H,21,28)/t10-/m1/s1. The predicted molar refractivity (Wildman–Crippen MR) is 107 cm³/mol. The average molecular weight is 430 g/mol. The molecule has 4 rings (SSSR count). The summed E-state index contributed by atoms with van der Waals surface area (Å²) in [5, 5.41) is 3.00. The molecule has 1 aromatic carbocycles. The summed E-state index contributed by atoms with van der Waals surface area (Å²) in [5.41, 5.74) is 0.966. The number of rotatable bonds is 3. The fraction of sp³-hybridized carbons (Fsp3) is 0.316. The number of halogens is 1. The minimum atomic E-state index is -0.662. The van der Waals surface area contributed by atoms with Crippen LogP contribution in [-0.2, 0) is 6.54 Å². The van der Waals surface area contributed by atoms with E-state index in [2.05, 4.69) is 19.7 Å². The van der Waals surface area contributed by atoms with E-state index in [0.29, 0.717) is 41.0 Å². The van der Waals surface area contributed by atoms with Crippen LogP contribution in [0.15, 0.2) is 24.3 Å². The number of aromatic nitrogens is 4. The van der Waals surface area contributed by atoms with E-state index in [-0.39, 0.29) is 11.8 Å². The molecule has 3 heterocycles. The highest BCUT2D eigenvalue weighted by molar-refractivity contribution is 7.09. The second-order valence-electron chi connectivity index (χ2n) is 6.75. The number of nitrogens with one attached hydrogen (secondary N) is 1. The highest BCUT2D eigenvalue weighted by Crippen LogP contribution is 2.38. The monoisotopic (exact) mass is 430 g/mol. The maximum atomic E-state index is 13.2. The summed E-state index contributed by atoms with van der Waals surface area (Å²) in [6, 6.07) is 4.97. The third-order valence-corrected chi connectivity index (χ3v) is 5.67. The van der Waals surface area contributed by atoms with Gasteiger partial charge in [0.2, 0.25) is 5.88 Å². The fourth-order valence-corrected chi connectivity index (χ4v) is 4.09. The molecule has 2 amide bonds. The molecule has 1 aliphatic heterocycles. The van der Waals surface area contributed by atoms with Gasteiger partial charge in [-0.2, -0.15) is 9.36 Å². The average Bonchev–Trinajstić information content (AvgIpc) is 3.32. The molecule has 0 saturated heterocycles. The van der Waals surface area contributed by atoms with E-state index in [4.69, 9.17) is 4.74 Å². The van der Waals surface area contributed by atoms with Crippen LogP contribution in [0.2, 0.25) is 0 Å². The largest absolute Gasteiger partial charge is 0.413 e. The number of nitrogens with zero attached hydrogens (tertiary/aromatic N) is 5. The van der Waals surface area contributed by atoms with Crippen molar-refractivity contribution < 1.29 is 18.7 Å². The Morgan fingerprint density at radius 1 is 1.23 bits per heavy atom. The Kier molecular flexibility index (Phi) is 5.20. The van der Waals surface area contributed by atoms with Gasteiger partial charge in [0.25, 0.3) is 5.91 Å². The van der Waals surface area contributed by atoms with Gasteiger partial charge in [-0.25, -0.2) is 14.2 Å². The quantitative estimate of drug-likeness (QED) is 0.686. The maximum absolute atomic E-state index is 13.2. The van der Waals surface area contributed by atoms with E-state index in [1.165, 1.54) is 42.8 Å². The normalized spacial score (nSPS) is 15.6. The molecular weight excluding hydrogens is 411 g/mol. The van der Waals surface area contributed by atoms with Crippen LogP contribution in [0.25, 0.3) is 10.8 Å². The van der Waals surface area contributed by atoms with Gasteiger partial charge in [-0.3, -0.25) is 4.79 Å². The molecule has 0 radical (unpaired) electrons. The summed E-state index contributed by atoms with van der Waals surface area (Å²) in [6.45, 7) is 4.46. The Morgan fingerprint density at radius 2 is 1.97 bits per heavy atom. The van der Waals surface area contributed by atoms with Crippen molar-refractivity contribution in [2.24, 2.45) is 0 Å². The van der Waals surface area contributed by atoms with Gasteiger partial charge in [0.05, 0.1) is 6.04 Å². The molecule has 0 fully saturated rings. The maximum Gasteiger partial charge on any atom is 0.413 e. The smallest absolute Gasteiger partial charge is 0.389 e. The lowest BCUT2D eigenvalue weighted by molar-refractivity contribution is 0.0642. The van der Waals surface area contributed by atoms with Crippen LogP contribution in [0.4, 0.5) is 9.18 Å². The zero-order valence-corrected chi connectivity index (χ0v) is 17.4. The van der Waals surface area contributed by atoms with Gasteiger partial charge in [0.1, 0.15) is 17.3 Å². The lowest BCUT2D eigenvalue weighted by atomic mass is 10.1. The van der Waals surface area contributed by atoms with Crippen LogP contribution in [0, 0.1) is 12.7 Å². The molecule has 1 aliphatic rings. The number of aryl methyl sites for hydroxylation is 1. The van der Waals surface area contributed by atoms with Crippen molar-refractivity contribution in [3.8, 4) is 16.7 Å². The van der Waals surface area contributed by atoms with Crippen LogP contribution in [0.5, 0.6) is 5.88 Å². The Bertz CT molecular complexity index is 1110. The molecule has 0 saturated carbocycles. The topological polar surface area (TPSA) is 102 Å². The van der Waals surface area contributed by atoms with Gasteiger partial charge in [-0.05, 0) is 49.6 Å². The van der Waals surface area contributed by atoms with Crippen molar-refractivity contribution >= 4 is 23.5 Å². The van der Waals surface area contributed by atoms with E-state index >= 15 is 0 Å². The molecule has 0 spiro atoms. The van der Waals surface area contributed by atoms with Crippen molar-refractivity contribution in [1.82, 2.24) is 29.1 Å². The number of carbonyl (C=O) groups excluding carboxylic acids is 2. The van der Waals surface area contributed by atoms with E-state index in [0.717, 1.165) is 0 Å². The zero-order chi connectivity index (χ0) is 21.4.